The van der Waals surface area contributed by atoms with Crippen molar-refractivity contribution in [1.82, 2.24) is 0 Å². The number of aliphatic carboxylic acids is 3. The number of epoxide rings is 2. The van der Waals surface area contributed by atoms with Crippen LogP contribution >= 0.6 is 0 Å². The first-order chi connectivity index (χ1) is 9.71. The number of hydrogen-bond acceptors (Lipinski definition) is 6. The lowest BCUT2D eigenvalue weighted by atomic mass is 9.64. The first kappa shape index (κ1) is 15.7. The van der Waals surface area contributed by atoms with Gasteiger partial charge in [0.2, 0.25) is 0 Å². The predicted molar refractivity (Wildman–Crippen MR) is 63.6 cm³/mol. The molecule has 0 aromatic heterocycles. The summed E-state index contributed by atoms with van der Waals surface area (Å²) >= 11 is 0. The van der Waals surface area contributed by atoms with E-state index >= 15 is 0 Å². The van der Waals surface area contributed by atoms with Gasteiger partial charge in [0.15, 0.2) is 5.60 Å². The lowest BCUT2D eigenvalue weighted by Crippen LogP contribution is -2.60. The first-order valence-corrected chi connectivity index (χ1v) is 6.35. The summed E-state index contributed by atoms with van der Waals surface area (Å²) in [7, 11) is 0. The maximum atomic E-state index is 11.8. The van der Waals surface area contributed by atoms with Gasteiger partial charge in [-0.2, -0.15) is 0 Å². The Labute approximate surface area is 119 Å². The van der Waals surface area contributed by atoms with Crippen molar-refractivity contribution in [3.63, 3.8) is 0 Å². The average molecular weight is 304 g/mol. The van der Waals surface area contributed by atoms with Crippen LogP contribution in [0, 0.1) is 5.41 Å². The molecule has 3 atom stereocenters. The molecule has 0 radical (unpaired) electrons. The van der Waals surface area contributed by atoms with Crippen LogP contribution in [0.2, 0.25) is 0 Å². The molecule has 0 saturated carbocycles. The van der Waals surface area contributed by atoms with Crippen LogP contribution in [0.4, 0.5) is 0 Å². The van der Waals surface area contributed by atoms with E-state index in [1.807, 2.05) is 0 Å². The van der Waals surface area contributed by atoms with Crippen molar-refractivity contribution in [2.45, 2.75) is 37.1 Å². The summed E-state index contributed by atoms with van der Waals surface area (Å²) in [6.45, 7) is 0.507. The summed E-state index contributed by atoms with van der Waals surface area (Å²) in [5.41, 5.74) is -5.12. The van der Waals surface area contributed by atoms with Gasteiger partial charge in [0.1, 0.15) is 5.41 Å². The van der Waals surface area contributed by atoms with Gasteiger partial charge in [-0.1, -0.05) is 0 Å². The second-order valence-electron chi connectivity index (χ2n) is 5.44. The van der Waals surface area contributed by atoms with Gasteiger partial charge < -0.3 is 29.9 Å². The highest BCUT2D eigenvalue weighted by Gasteiger charge is 2.65. The highest BCUT2D eigenvalue weighted by Crippen LogP contribution is 2.47. The zero-order valence-electron chi connectivity index (χ0n) is 11.0. The van der Waals surface area contributed by atoms with E-state index in [4.69, 9.17) is 14.6 Å². The standard InChI is InChI=1S/C12H16O9/c13-8(14)3-12(19,10(17)18)11(9(15)16,1-6-4-20-6)2-7-5-21-7/h6-7,19H,1-5H2,(H,13,14)(H,15,16)(H,17,18). The quantitative estimate of drug-likeness (QED) is 0.389. The Balaban J connectivity index is 2.43. The molecule has 2 aliphatic rings. The molecule has 2 rings (SSSR count). The van der Waals surface area contributed by atoms with Crippen molar-refractivity contribution in [1.29, 1.82) is 0 Å². The van der Waals surface area contributed by atoms with Gasteiger partial charge in [0, 0.05) is 0 Å². The fourth-order valence-corrected chi connectivity index (χ4v) is 2.59. The first-order valence-electron chi connectivity index (χ1n) is 6.35. The SMILES string of the molecule is O=C(O)CC(O)(C(=O)O)C(CC1CO1)(CC1CO1)C(=O)O. The molecular formula is C12H16O9. The maximum Gasteiger partial charge on any atom is 0.337 e. The minimum absolute atomic E-state index is 0.253. The Morgan fingerprint density at radius 3 is 1.62 bits per heavy atom. The molecule has 2 saturated heterocycles. The minimum atomic E-state index is -2.94. The second-order valence-corrected chi connectivity index (χ2v) is 5.44. The van der Waals surface area contributed by atoms with Crippen LogP contribution < -0.4 is 0 Å². The number of carbonyl (C=O) groups is 3. The van der Waals surface area contributed by atoms with E-state index in [0.29, 0.717) is 0 Å². The van der Waals surface area contributed by atoms with Crippen LogP contribution in [0.3, 0.4) is 0 Å². The van der Waals surface area contributed by atoms with Crippen LogP contribution in [-0.2, 0) is 23.9 Å². The normalized spacial score (nSPS) is 29.0. The molecule has 0 bridgehead atoms. The monoisotopic (exact) mass is 304 g/mol. The summed E-state index contributed by atoms with van der Waals surface area (Å²) in [6, 6.07) is 0. The van der Waals surface area contributed by atoms with Gasteiger partial charge >= 0.3 is 17.9 Å². The van der Waals surface area contributed by atoms with Crippen LogP contribution in [0.25, 0.3) is 0 Å². The number of ether oxygens (including phenoxy) is 2. The molecule has 21 heavy (non-hydrogen) atoms. The van der Waals surface area contributed by atoms with Crippen LogP contribution in [0.1, 0.15) is 19.3 Å². The van der Waals surface area contributed by atoms with Crippen molar-refractivity contribution in [2.24, 2.45) is 5.41 Å². The van der Waals surface area contributed by atoms with Gasteiger partial charge in [-0.15, -0.1) is 0 Å². The summed E-state index contributed by atoms with van der Waals surface area (Å²) in [6.07, 6.45) is -2.77. The van der Waals surface area contributed by atoms with E-state index in [2.05, 4.69) is 0 Å². The largest absolute Gasteiger partial charge is 0.481 e. The van der Waals surface area contributed by atoms with E-state index in [-0.39, 0.29) is 26.1 Å². The summed E-state index contributed by atoms with van der Waals surface area (Å²) in [5, 5.41) is 38.1. The molecule has 0 spiro atoms. The Morgan fingerprint density at radius 2 is 1.38 bits per heavy atom. The third-order valence-electron chi connectivity index (χ3n) is 3.92. The number of carboxylic acid groups (broad SMARTS) is 3. The summed E-state index contributed by atoms with van der Waals surface area (Å²) < 4.78 is 9.88. The third kappa shape index (κ3) is 2.99. The minimum Gasteiger partial charge on any atom is -0.481 e. The molecule has 2 fully saturated rings. The molecule has 0 amide bonds. The molecule has 0 aromatic rings. The van der Waals surface area contributed by atoms with E-state index < -0.39 is 47.6 Å². The highest BCUT2D eigenvalue weighted by atomic mass is 16.6. The molecule has 9 nitrogen and oxygen atoms in total. The van der Waals surface area contributed by atoms with Crippen LogP contribution in [0.5, 0.6) is 0 Å². The Bertz CT molecular complexity index is 451. The second kappa shape index (κ2) is 5.24. The van der Waals surface area contributed by atoms with E-state index in [9.17, 15) is 29.7 Å². The molecule has 2 heterocycles. The molecule has 0 aliphatic carbocycles. The molecule has 3 unspecified atom stereocenters. The highest BCUT2D eigenvalue weighted by molar-refractivity contribution is 5.92. The smallest absolute Gasteiger partial charge is 0.337 e. The van der Waals surface area contributed by atoms with Gasteiger partial charge in [0.25, 0.3) is 0 Å². The number of hydrogen-bond donors (Lipinski definition) is 4. The number of carboxylic acids is 3. The molecule has 9 heteroatoms. The lowest BCUT2D eigenvalue weighted by molar-refractivity contribution is -0.197. The molecule has 118 valence electrons. The molecular weight excluding hydrogens is 288 g/mol. The maximum absolute atomic E-state index is 11.8. The Hall–Kier alpha value is -1.71. The van der Waals surface area contributed by atoms with Crippen LogP contribution in [-0.4, -0.2) is 69.4 Å². The van der Waals surface area contributed by atoms with Crippen LogP contribution in [0.15, 0.2) is 0 Å². The Kier molecular flexibility index (Phi) is 3.91. The van der Waals surface area contributed by atoms with Gasteiger partial charge in [-0.3, -0.25) is 9.59 Å². The van der Waals surface area contributed by atoms with E-state index in [1.165, 1.54) is 0 Å². The number of rotatable bonds is 9. The summed E-state index contributed by atoms with van der Waals surface area (Å²) in [5.74, 6) is -5.05. The average Bonchev–Trinajstić information content (AvgIpc) is 3.21. The van der Waals surface area contributed by atoms with Crippen molar-refractivity contribution in [3.8, 4) is 0 Å². The summed E-state index contributed by atoms with van der Waals surface area (Å²) in [4.78, 5) is 34.1. The zero-order chi connectivity index (χ0) is 15.8. The predicted octanol–water partition coefficient (Wildman–Crippen LogP) is -1.07. The van der Waals surface area contributed by atoms with Gasteiger partial charge in [-0.05, 0) is 12.8 Å². The molecule has 4 N–H and O–H groups in total. The van der Waals surface area contributed by atoms with Crippen molar-refractivity contribution >= 4 is 17.9 Å². The third-order valence-corrected chi connectivity index (χ3v) is 3.92. The van der Waals surface area contributed by atoms with E-state index in [0.717, 1.165) is 0 Å². The number of aliphatic hydroxyl groups is 1. The lowest BCUT2D eigenvalue weighted by Gasteiger charge is -2.40. The molecule has 2 aliphatic heterocycles. The van der Waals surface area contributed by atoms with Crippen molar-refractivity contribution in [2.75, 3.05) is 13.2 Å². The van der Waals surface area contributed by atoms with Gasteiger partial charge in [-0.25, -0.2) is 4.79 Å². The zero-order valence-corrected chi connectivity index (χ0v) is 11.0. The van der Waals surface area contributed by atoms with Crippen molar-refractivity contribution < 1.29 is 44.3 Å². The topological polar surface area (TPSA) is 157 Å². The Morgan fingerprint density at radius 1 is 0.952 bits per heavy atom. The van der Waals surface area contributed by atoms with Crippen molar-refractivity contribution in [3.05, 3.63) is 0 Å². The van der Waals surface area contributed by atoms with E-state index in [1.54, 1.807) is 0 Å². The fourth-order valence-electron chi connectivity index (χ4n) is 2.59. The van der Waals surface area contributed by atoms with Gasteiger partial charge in [0.05, 0.1) is 31.8 Å². The molecule has 0 aromatic carbocycles. The fraction of sp³-hybridized carbons (Fsp3) is 0.750.